The Kier molecular flexibility index (Phi) is 6.61. The summed E-state index contributed by atoms with van der Waals surface area (Å²) in [7, 11) is -0.381. The van der Waals surface area contributed by atoms with Gasteiger partial charge in [0, 0.05) is 26.3 Å². The molecule has 2 heterocycles. The van der Waals surface area contributed by atoms with E-state index in [4.69, 9.17) is 9.47 Å². The summed E-state index contributed by atoms with van der Waals surface area (Å²) >= 11 is 0. The molecule has 1 aliphatic heterocycles. The highest BCUT2D eigenvalue weighted by atomic mass is 32.2. The van der Waals surface area contributed by atoms with Gasteiger partial charge in [0.2, 0.25) is 10.0 Å². The van der Waals surface area contributed by atoms with E-state index >= 15 is 0 Å². The lowest BCUT2D eigenvalue weighted by atomic mass is 10.0. The Morgan fingerprint density at radius 1 is 1.24 bits per heavy atom. The van der Waals surface area contributed by atoms with Crippen molar-refractivity contribution in [3.05, 3.63) is 47.8 Å². The van der Waals surface area contributed by atoms with Crippen LogP contribution in [-0.4, -0.2) is 56.6 Å². The number of sulfonamides is 1. The normalized spacial score (nSPS) is 16.4. The summed E-state index contributed by atoms with van der Waals surface area (Å²) < 4.78 is 39.0. The SMILES string of the molecule is CCC(NC(=O)c1cc(S(=O)(=O)N2CCOCC2)cn1C)c1ccc(OC)cc1. The number of nitrogens with zero attached hydrogens (tertiary/aromatic N) is 2. The smallest absolute Gasteiger partial charge is 0.268 e. The first-order valence-electron chi connectivity index (χ1n) is 9.56. The van der Waals surface area contributed by atoms with E-state index in [1.807, 2.05) is 31.2 Å². The van der Waals surface area contributed by atoms with Crippen molar-refractivity contribution in [3.63, 3.8) is 0 Å². The topological polar surface area (TPSA) is 89.9 Å². The van der Waals surface area contributed by atoms with Crippen LogP contribution in [0, 0.1) is 0 Å². The average molecular weight is 422 g/mol. The molecule has 0 radical (unpaired) electrons. The Bertz CT molecular complexity index is 947. The summed E-state index contributed by atoms with van der Waals surface area (Å²) in [4.78, 5) is 13.0. The van der Waals surface area contributed by atoms with Gasteiger partial charge in [-0.15, -0.1) is 0 Å². The van der Waals surface area contributed by atoms with E-state index in [2.05, 4.69) is 5.32 Å². The maximum Gasteiger partial charge on any atom is 0.268 e. The molecule has 1 N–H and O–H groups in total. The lowest BCUT2D eigenvalue weighted by Gasteiger charge is -2.25. The molecule has 2 aromatic rings. The third kappa shape index (κ3) is 4.63. The molecule has 1 saturated heterocycles. The monoisotopic (exact) mass is 421 g/mol. The fourth-order valence-electron chi connectivity index (χ4n) is 3.33. The van der Waals surface area contributed by atoms with E-state index in [1.54, 1.807) is 18.7 Å². The van der Waals surface area contributed by atoms with Gasteiger partial charge < -0.3 is 19.4 Å². The second kappa shape index (κ2) is 8.98. The fraction of sp³-hybridized carbons (Fsp3) is 0.450. The molecular weight excluding hydrogens is 394 g/mol. The first-order chi connectivity index (χ1) is 13.9. The number of amides is 1. The van der Waals surface area contributed by atoms with Crippen LogP contribution in [0.1, 0.15) is 35.4 Å². The predicted molar refractivity (Wildman–Crippen MR) is 108 cm³/mol. The van der Waals surface area contributed by atoms with E-state index in [9.17, 15) is 13.2 Å². The number of nitrogens with one attached hydrogen (secondary N) is 1. The molecule has 0 saturated carbocycles. The minimum atomic E-state index is -3.65. The molecule has 1 aromatic heterocycles. The number of hydrogen-bond acceptors (Lipinski definition) is 5. The largest absolute Gasteiger partial charge is 0.497 e. The quantitative estimate of drug-likeness (QED) is 0.738. The second-order valence-corrected chi connectivity index (χ2v) is 8.83. The zero-order chi connectivity index (χ0) is 21.0. The number of aryl methyl sites for hydroxylation is 1. The van der Waals surface area contributed by atoms with Crippen LogP contribution in [0.15, 0.2) is 41.4 Å². The number of carbonyl (C=O) groups excluding carboxylic acids is 1. The minimum absolute atomic E-state index is 0.115. The third-order valence-electron chi connectivity index (χ3n) is 5.05. The number of morpholine rings is 1. The summed E-state index contributed by atoms with van der Waals surface area (Å²) in [5.41, 5.74) is 1.25. The number of ether oxygens (including phenoxy) is 2. The van der Waals surface area contributed by atoms with Gasteiger partial charge in [-0.1, -0.05) is 19.1 Å². The van der Waals surface area contributed by atoms with Gasteiger partial charge >= 0.3 is 0 Å². The van der Waals surface area contributed by atoms with Gasteiger partial charge in [0.1, 0.15) is 16.3 Å². The lowest BCUT2D eigenvalue weighted by molar-refractivity contribution is 0.0730. The molecule has 1 aliphatic rings. The zero-order valence-corrected chi connectivity index (χ0v) is 17.7. The number of rotatable bonds is 7. The van der Waals surface area contributed by atoms with Gasteiger partial charge in [-0.2, -0.15) is 4.31 Å². The Balaban J connectivity index is 1.78. The van der Waals surface area contributed by atoms with Crippen molar-refractivity contribution in [3.8, 4) is 5.75 Å². The molecular formula is C20H27N3O5S. The van der Waals surface area contributed by atoms with Crippen LogP contribution in [0.3, 0.4) is 0 Å². The van der Waals surface area contributed by atoms with E-state index < -0.39 is 10.0 Å². The Morgan fingerprint density at radius 2 is 1.90 bits per heavy atom. The molecule has 1 unspecified atom stereocenters. The van der Waals surface area contributed by atoms with Crippen molar-refractivity contribution < 1.29 is 22.7 Å². The molecule has 1 aromatic carbocycles. The van der Waals surface area contributed by atoms with Gasteiger partial charge in [-0.3, -0.25) is 4.79 Å². The van der Waals surface area contributed by atoms with Gasteiger partial charge in [0.25, 0.3) is 5.91 Å². The molecule has 1 fully saturated rings. The number of hydrogen-bond donors (Lipinski definition) is 1. The Hall–Kier alpha value is -2.36. The van der Waals surface area contributed by atoms with Crippen molar-refractivity contribution in [2.75, 3.05) is 33.4 Å². The lowest BCUT2D eigenvalue weighted by Crippen LogP contribution is -2.40. The second-order valence-electron chi connectivity index (χ2n) is 6.90. The molecule has 9 heteroatoms. The highest BCUT2D eigenvalue weighted by Crippen LogP contribution is 2.23. The standard InChI is InChI=1S/C20H27N3O5S/c1-4-18(15-5-7-16(27-3)8-6-15)21-20(24)19-13-17(14-22(19)2)29(25,26)23-9-11-28-12-10-23/h5-8,13-14,18H,4,9-12H2,1-3H3,(H,21,24). The number of aromatic nitrogens is 1. The average Bonchev–Trinajstić information content (AvgIpc) is 3.15. The first-order valence-corrected chi connectivity index (χ1v) is 11.0. The molecule has 1 amide bonds. The zero-order valence-electron chi connectivity index (χ0n) is 16.9. The Labute approximate surface area is 171 Å². The van der Waals surface area contributed by atoms with Gasteiger partial charge in [-0.25, -0.2) is 8.42 Å². The van der Waals surface area contributed by atoms with Crippen molar-refractivity contribution in [2.24, 2.45) is 7.05 Å². The van der Waals surface area contributed by atoms with Crippen molar-refractivity contribution in [1.82, 2.24) is 14.2 Å². The maximum absolute atomic E-state index is 12.9. The molecule has 29 heavy (non-hydrogen) atoms. The summed E-state index contributed by atoms with van der Waals surface area (Å²) in [6.07, 6.45) is 2.18. The van der Waals surface area contributed by atoms with Crippen LogP contribution < -0.4 is 10.1 Å². The minimum Gasteiger partial charge on any atom is -0.497 e. The van der Waals surface area contributed by atoms with Gasteiger partial charge in [-0.05, 0) is 30.2 Å². The molecule has 158 valence electrons. The van der Waals surface area contributed by atoms with E-state index in [0.717, 1.165) is 11.3 Å². The summed E-state index contributed by atoms with van der Waals surface area (Å²) in [5, 5.41) is 2.99. The van der Waals surface area contributed by atoms with Crippen LogP contribution in [0.2, 0.25) is 0 Å². The number of carbonyl (C=O) groups is 1. The molecule has 8 nitrogen and oxygen atoms in total. The van der Waals surface area contributed by atoms with Crippen molar-refractivity contribution in [2.45, 2.75) is 24.3 Å². The molecule has 0 bridgehead atoms. The fourth-order valence-corrected chi connectivity index (χ4v) is 4.81. The van der Waals surface area contributed by atoms with E-state index in [-0.39, 0.29) is 16.8 Å². The highest BCUT2D eigenvalue weighted by molar-refractivity contribution is 7.89. The van der Waals surface area contributed by atoms with Crippen LogP contribution in [0.5, 0.6) is 5.75 Å². The number of benzene rings is 1. The molecule has 0 aliphatic carbocycles. The van der Waals surface area contributed by atoms with Crippen LogP contribution >= 0.6 is 0 Å². The summed E-state index contributed by atoms with van der Waals surface area (Å²) in [6, 6.07) is 8.75. The van der Waals surface area contributed by atoms with Crippen molar-refractivity contribution in [1.29, 1.82) is 0 Å². The summed E-state index contributed by atoms with van der Waals surface area (Å²) in [5.74, 6) is 0.425. The molecule has 1 atom stereocenters. The predicted octanol–water partition coefficient (Wildman–Crippen LogP) is 1.94. The molecule has 3 rings (SSSR count). The van der Waals surface area contributed by atoms with E-state index in [0.29, 0.717) is 38.4 Å². The van der Waals surface area contributed by atoms with Crippen LogP contribution in [0.25, 0.3) is 0 Å². The molecule has 0 spiro atoms. The first kappa shape index (κ1) is 21.4. The Morgan fingerprint density at radius 3 is 2.48 bits per heavy atom. The van der Waals surface area contributed by atoms with Crippen LogP contribution in [-0.2, 0) is 21.8 Å². The third-order valence-corrected chi connectivity index (χ3v) is 6.92. The van der Waals surface area contributed by atoms with Gasteiger partial charge in [0.15, 0.2) is 0 Å². The van der Waals surface area contributed by atoms with E-state index in [1.165, 1.54) is 16.6 Å². The number of methoxy groups -OCH3 is 1. The highest BCUT2D eigenvalue weighted by Gasteiger charge is 2.29. The maximum atomic E-state index is 12.9. The summed E-state index contributed by atoms with van der Waals surface area (Å²) in [6.45, 7) is 3.36. The van der Waals surface area contributed by atoms with Gasteiger partial charge in [0.05, 0.1) is 26.4 Å². The van der Waals surface area contributed by atoms with Crippen LogP contribution in [0.4, 0.5) is 0 Å². The van der Waals surface area contributed by atoms with Crippen molar-refractivity contribution >= 4 is 15.9 Å².